The van der Waals surface area contributed by atoms with Crippen molar-refractivity contribution in [1.82, 2.24) is 15.2 Å². The van der Waals surface area contributed by atoms with Gasteiger partial charge in [0.1, 0.15) is 11.6 Å². The molecule has 2 heterocycles. The Morgan fingerprint density at radius 1 is 1.19 bits per heavy atom. The SMILES string of the molecule is COc1ccc2nccc(CCN(CC(=O)Nc3ccc(F)cc3)C3CCNCC3)c2c1. The summed E-state index contributed by atoms with van der Waals surface area (Å²) in [5.74, 6) is 0.401. The number of nitrogens with zero attached hydrogens (tertiary/aromatic N) is 2. The first kappa shape index (κ1) is 22.2. The highest BCUT2D eigenvalue weighted by Crippen LogP contribution is 2.23. The lowest BCUT2D eigenvalue weighted by atomic mass is 10.0. The van der Waals surface area contributed by atoms with E-state index in [2.05, 4.69) is 20.5 Å². The van der Waals surface area contributed by atoms with E-state index in [1.807, 2.05) is 30.5 Å². The van der Waals surface area contributed by atoms with Crippen molar-refractivity contribution >= 4 is 22.5 Å². The molecule has 4 rings (SSSR count). The van der Waals surface area contributed by atoms with Gasteiger partial charge in [0.2, 0.25) is 5.91 Å². The fourth-order valence-electron chi connectivity index (χ4n) is 4.27. The van der Waals surface area contributed by atoms with E-state index in [4.69, 9.17) is 4.74 Å². The molecule has 0 unspecified atom stereocenters. The van der Waals surface area contributed by atoms with Crippen LogP contribution in [0.15, 0.2) is 54.7 Å². The van der Waals surface area contributed by atoms with E-state index in [1.165, 1.54) is 17.7 Å². The predicted molar refractivity (Wildman–Crippen MR) is 124 cm³/mol. The zero-order valence-corrected chi connectivity index (χ0v) is 18.3. The van der Waals surface area contributed by atoms with Crippen LogP contribution in [-0.2, 0) is 11.2 Å². The normalized spacial score (nSPS) is 14.6. The summed E-state index contributed by atoms with van der Waals surface area (Å²) in [6.07, 6.45) is 4.66. The maximum atomic E-state index is 13.2. The molecule has 1 aliphatic rings. The van der Waals surface area contributed by atoms with Crippen LogP contribution in [0.1, 0.15) is 18.4 Å². The molecule has 1 amide bonds. The standard InChI is InChI=1S/C25H29FN4O2/c1-32-22-6-7-24-23(16-22)18(8-14-28-24)11-15-30(21-9-12-27-13-10-21)17-25(31)29-20-4-2-19(26)3-5-20/h2-8,14,16,21,27H,9-13,15,17H2,1H3,(H,29,31). The molecule has 2 aromatic carbocycles. The van der Waals surface area contributed by atoms with Gasteiger partial charge in [-0.05, 0) is 86.4 Å². The second-order valence-electron chi connectivity index (χ2n) is 8.11. The quantitative estimate of drug-likeness (QED) is 0.565. The molecule has 3 aromatic rings. The summed E-state index contributed by atoms with van der Waals surface area (Å²) >= 11 is 0. The monoisotopic (exact) mass is 436 g/mol. The van der Waals surface area contributed by atoms with Crippen LogP contribution in [0, 0.1) is 5.82 Å². The van der Waals surface area contributed by atoms with Crippen molar-refractivity contribution < 1.29 is 13.9 Å². The summed E-state index contributed by atoms with van der Waals surface area (Å²) in [4.78, 5) is 19.5. The van der Waals surface area contributed by atoms with Crippen LogP contribution in [0.4, 0.5) is 10.1 Å². The molecule has 0 atom stereocenters. The number of amides is 1. The van der Waals surface area contributed by atoms with E-state index < -0.39 is 0 Å². The van der Waals surface area contributed by atoms with Gasteiger partial charge in [0, 0.05) is 29.9 Å². The van der Waals surface area contributed by atoms with Gasteiger partial charge in [-0.1, -0.05) is 0 Å². The molecule has 0 spiro atoms. The second kappa shape index (κ2) is 10.5. The van der Waals surface area contributed by atoms with Crippen LogP contribution in [0.3, 0.4) is 0 Å². The molecule has 0 aliphatic carbocycles. The minimum atomic E-state index is -0.319. The van der Waals surface area contributed by atoms with Crippen LogP contribution in [0.5, 0.6) is 5.75 Å². The third kappa shape index (κ3) is 5.60. The lowest BCUT2D eigenvalue weighted by Crippen LogP contribution is -2.47. The minimum absolute atomic E-state index is 0.0867. The molecule has 1 aliphatic heterocycles. The predicted octanol–water partition coefficient (Wildman–Crippen LogP) is 3.62. The lowest BCUT2D eigenvalue weighted by Gasteiger charge is -2.34. The van der Waals surface area contributed by atoms with Gasteiger partial charge in [0.15, 0.2) is 0 Å². The van der Waals surface area contributed by atoms with E-state index in [-0.39, 0.29) is 11.7 Å². The number of methoxy groups -OCH3 is 1. The Balaban J connectivity index is 1.48. The van der Waals surface area contributed by atoms with Gasteiger partial charge in [0.05, 0.1) is 19.2 Å². The van der Waals surface area contributed by atoms with Crippen molar-refractivity contribution in [2.45, 2.75) is 25.3 Å². The van der Waals surface area contributed by atoms with E-state index in [0.717, 1.165) is 55.5 Å². The van der Waals surface area contributed by atoms with E-state index in [1.54, 1.807) is 19.2 Å². The fraction of sp³-hybridized carbons (Fsp3) is 0.360. The Kier molecular flexibility index (Phi) is 7.29. The molecular formula is C25H29FN4O2. The molecule has 0 radical (unpaired) electrons. The summed E-state index contributed by atoms with van der Waals surface area (Å²) in [5, 5.41) is 7.36. The summed E-state index contributed by atoms with van der Waals surface area (Å²) in [6, 6.07) is 14.2. The second-order valence-corrected chi connectivity index (χ2v) is 8.11. The lowest BCUT2D eigenvalue weighted by molar-refractivity contribution is -0.118. The van der Waals surface area contributed by atoms with Gasteiger partial charge in [-0.25, -0.2) is 4.39 Å². The number of aromatic nitrogens is 1. The van der Waals surface area contributed by atoms with Crippen molar-refractivity contribution in [3.8, 4) is 5.75 Å². The van der Waals surface area contributed by atoms with E-state index in [9.17, 15) is 9.18 Å². The Morgan fingerprint density at radius 2 is 1.97 bits per heavy atom. The van der Waals surface area contributed by atoms with Crippen molar-refractivity contribution in [2.24, 2.45) is 0 Å². The number of fused-ring (bicyclic) bond motifs is 1. The van der Waals surface area contributed by atoms with Gasteiger partial charge >= 0.3 is 0 Å². The molecule has 6 nitrogen and oxygen atoms in total. The number of ether oxygens (including phenoxy) is 1. The number of hydrogen-bond acceptors (Lipinski definition) is 5. The first-order chi connectivity index (χ1) is 15.6. The van der Waals surface area contributed by atoms with Gasteiger partial charge in [-0.3, -0.25) is 14.7 Å². The van der Waals surface area contributed by atoms with Crippen molar-refractivity contribution in [2.75, 3.05) is 38.6 Å². The zero-order chi connectivity index (χ0) is 22.3. The van der Waals surface area contributed by atoms with Crippen LogP contribution >= 0.6 is 0 Å². The van der Waals surface area contributed by atoms with Crippen LogP contribution < -0.4 is 15.4 Å². The van der Waals surface area contributed by atoms with E-state index in [0.29, 0.717) is 18.3 Å². The highest BCUT2D eigenvalue weighted by molar-refractivity contribution is 5.92. The van der Waals surface area contributed by atoms with Gasteiger partial charge in [-0.2, -0.15) is 0 Å². The molecule has 2 N–H and O–H groups in total. The third-order valence-corrected chi connectivity index (χ3v) is 6.01. The number of halogens is 1. The number of nitrogens with one attached hydrogen (secondary N) is 2. The summed E-state index contributed by atoms with van der Waals surface area (Å²) < 4.78 is 18.6. The molecule has 168 valence electrons. The fourth-order valence-corrected chi connectivity index (χ4v) is 4.27. The minimum Gasteiger partial charge on any atom is -0.497 e. The van der Waals surface area contributed by atoms with Crippen molar-refractivity contribution in [1.29, 1.82) is 0 Å². The topological polar surface area (TPSA) is 66.5 Å². The number of carbonyl (C=O) groups excluding carboxylic acids is 1. The average molecular weight is 437 g/mol. The van der Waals surface area contributed by atoms with E-state index >= 15 is 0 Å². The molecule has 32 heavy (non-hydrogen) atoms. The molecule has 1 saturated heterocycles. The number of pyridine rings is 1. The number of anilines is 1. The van der Waals surface area contributed by atoms with Crippen molar-refractivity contribution in [3.63, 3.8) is 0 Å². The Hall–Kier alpha value is -3.03. The first-order valence-corrected chi connectivity index (χ1v) is 11.0. The molecule has 0 bridgehead atoms. The average Bonchev–Trinajstić information content (AvgIpc) is 2.83. The van der Waals surface area contributed by atoms with Gasteiger partial charge < -0.3 is 15.4 Å². The number of benzene rings is 2. The maximum absolute atomic E-state index is 13.2. The van der Waals surface area contributed by atoms with Crippen LogP contribution in [0.2, 0.25) is 0 Å². The van der Waals surface area contributed by atoms with Crippen LogP contribution in [0.25, 0.3) is 10.9 Å². The molecular weight excluding hydrogens is 407 g/mol. The summed E-state index contributed by atoms with van der Waals surface area (Å²) in [6.45, 7) is 2.97. The van der Waals surface area contributed by atoms with Crippen molar-refractivity contribution in [3.05, 3.63) is 66.1 Å². The Morgan fingerprint density at radius 3 is 2.72 bits per heavy atom. The molecule has 7 heteroatoms. The first-order valence-electron chi connectivity index (χ1n) is 11.0. The Labute approximate surface area is 187 Å². The van der Waals surface area contributed by atoms with Gasteiger partial charge in [-0.15, -0.1) is 0 Å². The molecule has 1 fully saturated rings. The van der Waals surface area contributed by atoms with Gasteiger partial charge in [0.25, 0.3) is 0 Å². The number of piperidine rings is 1. The number of hydrogen-bond donors (Lipinski definition) is 2. The molecule has 1 aromatic heterocycles. The highest BCUT2D eigenvalue weighted by atomic mass is 19.1. The molecule has 0 saturated carbocycles. The smallest absolute Gasteiger partial charge is 0.238 e. The third-order valence-electron chi connectivity index (χ3n) is 6.01. The number of carbonyl (C=O) groups is 1. The summed E-state index contributed by atoms with van der Waals surface area (Å²) in [5.41, 5.74) is 2.73. The number of rotatable bonds is 8. The largest absolute Gasteiger partial charge is 0.497 e. The summed E-state index contributed by atoms with van der Waals surface area (Å²) in [7, 11) is 1.66. The Bertz CT molecular complexity index is 1050. The van der Waals surface area contributed by atoms with Crippen LogP contribution in [-0.4, -0.2) is 55.1 Å². The highest BCUT2D eigenvalue weighted by Gasteiger charge is 2.23. The maximum Gasteiger partial charge on any atom is 0.238 e. The zero-order valence-electron chi connectivity index (χ0n) is 18.3.